The fraction of sp³-hybridized carbons (Fsp3) is 0.182. The number of hydrogen-bond donors (Lipinski definition) is 3. The van der Waals surface area contributed by atoms with E-state index >= 15 is 0 Å². The number of aryl methyl sites for hydroxylation is 1. The van der Waals surface area contributed by atoms with Crippen molar-refractivity contribution in [2.45, 2.75) is 20.8 Å². The number of esters is 1. The van der Waals surface area contributed by atoms with E-state index < -0.39 is 5.97 Å². The topological polar surface area (TPSA) is 105 Å². The zero-order valence-corrected chi connectivity index (χ0v) is 18.2. The van der Waals surface area contributed by atoms with Crippen LogP contribution in [0.15, 0.2) is 59.7 Å². The molecule has 8 nitrogen and oxygen atoms in total. The molecular formula is C22H23N5O3S. The first-order valence-corrected chi connectivity index (χ1v) is 10.4. The Bertz CT molecular complexity index is 1080. The predicted octanol–water partition coefficient (Wildman–Crippen LogP) is 5.11. The number of para-hydroxylation sites is 1. The van der Waals surface area contributed by atoms with Crippen LogP contribution in [0, 0.1) is 6.92 Å². The quantitative estimate of drug-likeness (QED) is 0.271. The van der Waals surface area contributed by atoms with Crippen molar-refractivity contribution in [3.8, 4) is 0 Å². The number of urea groups is 1. The lowest BCUT2D eigenvalue weighted by atomic mass is 10.1. The molecule has 9 heteroatoms. The maximum atomic E-state index is 12.1. The number of nitrogens with one attached hydrogen (secondary N) is 3. The highest BCUT2D eigenvalue weighted by molar-refractivity contribution is 7.10. The van der Waals surface area contributed by atoms with E-state index in [9.17, 15) is 9.59 Å². The largest absolute Gasteiger partial charge is 0.462 e. The van der Waals surface area contributed by atoms with E-state index in [0.29, 0.717) is 40.0 Å². The molecule has 0 unspecified atom stereocenters. The van der Waals surface area contributed by atoms with Crippen LogP contribution in [0.2, 0.25) is 0 Å². The van der Waals surface area contributed by atoms with Crippen LogP contribution in [0.5, 0.6) is 0 Å². The number of anilines is 3. The third-order valence-electron chi connectivity index (χ3n) is 4.26. The van der Waals surface area contributed by atoms with Gasteiger partial charge in [0, 0.05) is 11.4 Å². The Kier molecular flexibility index (Phi) is 7.34. The lowest BCUT2D eigenvalue weighted by Crippen LogP contribution is -2.19. The number of carbonyl (C=O) groups excluding carboxylic acids is 2. The minimum atomic E-state index is -0.423. The fourth-order valence-electron chi connectivity index (χ4n) is 2.70. The van der Waals surface area contributed by atoms with Crippen molar-refractivity contribution < 1.29 is 14.3 Å². The third kappa shape index (κ3) is 5.89. The van der Waals surface area contributed by atoms with Gasteiger partial charge in [0.25, 0.3) is 0 Å². The van der Waals surface area contributed by atoms with Gasteiger partial charge in [-0.05, 0) is 62.1 Å². The van der Waals surface area contributed by atoms with Crippen molar-refractivity contribution in [1.82, 2.24) is 4.37 Å². The van der Waals surface area contributed by atoms with E-state index in [2.05, 4.69) is 25.5 Å². The summed E-state index contributed by atoms with van der Waals surface area (Å²) < 4.78 is 9.28. The smallest absolute Gasteiger partial charge is 0.343 e. The second-order valence-corrected chi connectivity index (χ2v) is 7.30. The van der Waals surface area contributed by atoms with Gasteiger partial charge in [0.2, 0.25) is 0 Å². The van der Waals surface area contributed by atoms with Gasteiger partial charge in [-0.25, -0.2) is 9.59 Å². The first-order chi connectivity index (χ1) is 15.0. The molecule has 0 aliphatic carbocycles. The number of hydrogen-bond acceptors (Lipinski definition) is 7. The van der Waals surface area contributed by atoms with Crippen LogP contribution in [0.25, 0.3) is 0 Å². The van der Waals surface area contributed by atoms with Crippen LogP contribution in [0.3, 0.4) is 0 Å². The van der Waals surface area contributed by atoms with Gasteiger partial charge in [-0.1, -0.05) is 30.3 Å². The highest BCUT2D eigenvalue weighted by Gasteiger charge is 2.19. The summed E-state index contributed by atoms with van der Waals surface area (Å²) in [6.45, 7) is 5.64. The predicted molar refractivity (Wildman–Crippen MR) is 124 cm³/mol. The van der Waals surface area contributed by atoms with Gasteiger partial charge in [-0.15, -0.1) is 0 Å². The van der Waals surface area contributed by atoms with Gasteiger partial charge in [0.05, 0.1) is 18.0 Å². The molecule has 0 fully saturated rings. The van der Waals surface area contributed by atoms with Crippen LogP contribution in [-0.4, -0.2) is 28.7 Å². The standard InChI is InChI=1S/C22H23N5O3S/c1-4-30-21(28)19-15(3)27-31-20(19)26-25-14(2)16-10-12-18(13-11-16)24-22(29)23-17-8-6-5-7-9-17/h5-13,26H,4H2,1-3H3,(H2,23,24,29)/b25-14+. The van der Waals surface area contributed by atoms with E-state index in [-0.39, 0.29) is 6.03 Å². The van der Waals surface area contributed by atoms with E-state index in [0.717, 1.165) is 17.1 Å². The van der Waals surface area contributed by atoms with Gasteiger partial charge in [-0.3, -0.25) is 5.43 Å². The average Bonchev–Trinajstić information content (AvgIpc) is 3.13. The Morgan fingerprint density at radius 2 is 1.68 bits per heavy atom. The van der Waals surface area contributed by atoms with Gasteiger partial charge in [-0.2, -0.15) is 9.47 Å². The molecule has 3 aromatic rings. The maximum Gasteiger partial charge on any atom is 0.343 e. The monoisotopic (exact) mass is 437 g/mol. The minimum absolute atomic E-state index is 0.291. The van der Waals surface area contributed by atoms with E-state index in [1.807, 2.05) is 49.4 Å². The van der Waals surface area contributed by atoms with Crippen molar-refractivity contribution in [2.75, 3.05) is 22.7 Å². The van der Waals surface area contributed by atoms with Crippen LogP contribution in [0.1, 0.15) is 35.5 Å². The Morgan fingerprint density at radius 3 is 2.32 bits per heavy atom. The lowest BCUT2D eigenvalue weighted by molar-refractivity contribution is 0.0527. The van der Waals surface area contributed by atoms with Crippen molar-refractivity contribution in [3.05, 3.63) is 71.4 Å². The molecule has 31 heavy (non-hydrogen) atoms. The van der Waals surface area contributed by atoms with Gasteiger partial charge < -0.3 is 15.4 Å². The first-order valence-electron chi connectivity index (χ1n) is 9.65. The SMILES string of the molecule is CCOC(=O)c1c(C)nsc1N/N=C(\C)c1ccc(NC(=O)Nc2ccccc2)cc1. The molecule has 160 valence electrons. The van der Waals surface area contributed by atoms with E-state index in [4.69, 9.17) is 4.74 Å². The summed E-state index contributed by atoms with van der Waals surface area (Å²) in [5, 5.41) is 10.4. The molecule has 0 saturated heterocycles. The Labute approximate surface area is 184 Å². The number of benzene rings is 2. The Morgan fingerprint density at radius 1 is 1.03 bits per heavy atom. The number of carbonyl (C=O) groups is 2. The second kappa shape index (κ2) is 10.4. The van der Waals surface area contributed by atoms with Gasteiger partial charge in [0.1, 0.15) is 10.6 Å². The maximum absolute atomic E-state index is 12.1. The summed E-state index contributed by atoms with van der Waals surface area (Å²) in [5.74, 6) is -0.423. The van der Waals surface area contributed by atoms with Crippen LogP contribution < -0.4 is 16.1 Å². The zero-order valence-electron chi connectivity index (χ0n) is 17.4. The highest BCUT2D eigenvalue weighted by Crippen LogP contribution is 2.25. The molecule has 1 heterocycles. The summed E-state index contributed by atoms with van der Waals surface area (Å²) in [6, 6.07) is 16.2. The summed E-state index contributed by atoms with van der Waals surface area (Å²) in [4.78, 5) is 24.2. The van der Waals surface area contributed by atoms with Gasteiger partial charge in [0.15, 0.2) is 0 Å². The zero-order chi connectivity index (χ0) is 22.2. The molecule has 0 aliphatic rings. The average molecular weight is 438 g/mol. The first kappa shape index (κ1) is 22.0. The molecule has 3 rings (SSSR count). The van der Waals surface area contributed by atoms with Gasteiger partial charge >= 0.3 is 12.0 Å². The molecule has 3 N–H and O–H groups in total. The molecule has 1 aromatic heterocycles. The van der Waals surface area contributed by atoms with Crippen molar-refractivity contribution >= 4 is 45.6 Å². The number of amides is 2. The molecule has 2 aromatic carbocycles. The van der Waals surface area contributed by atoms with E-state index in [1.165, 1.54) is 0 Å². The minimum Gasteiger partial charge on any atom is -0.462 e. The van der Waals surface area contributed by atoms with Crippen LogP contribution in [0.4, 0.5) is 21.2 Å². The Balaban J connectivity index is 1.63. The number of nitrogens with zero attached hydrogens (tertiary/aromatic N) is 2. The summed E-state index contributed by atoms with van der Waals surface area (Å²) in [6.07, 6.45) is 0. The Hall–Kier alpha value is -3.72. The molecule has 0 spiro atoms. The molecule has 0 bridgehead atoms. The lowest BCUT2D eigenvalue weighted by Gasteiger charge is -2.09. The molecule has 0 atom stereocenters. The number of aromatic nitrogens is 1. The number of ether oxygens (including phenoxy) is 1. The highest BCUT2D eigenvalue weighted by atomic mass is 32.1. The number of rotatable bonds is 7. The van der Waals surface area contributed by atoms with Crippen molar-refractivity contribution in [2.24, 2.45) is 5.10 Å². The molecule has 0 saturated carbocycles. The molecule has 0 radical (unpaired) electrons. The van der Waals surface area contributed by atoms with Crippen LogP contribution in [-0.2, 0) is 4.74 Å². The third-order valence-corrected chi connectivity index (χ3v) is 5.10. The summed E-state index contributed by atoms with van der Waals surface area (Å²) >= 11 is 1.15. The van der Waals surface area contributed by atoms with Crippen molar-refractivity contribution in [3.63, 3.8) is 0 Å². The van der Waals surface area contributed by atoms with E-state index in [1.54, 1.807) is 26.0 Å². The van der Waals surface area contributed by atoms with Crippen LogP contribution >= 0.6 is 11.5 Å². The second-order valence-electron chi connectivity index (χ2n) is 6.52. The summed E-state index contributed by atoms with van der Waals surface area (Å²) in [5.41, 5.74) is 6.84. The van der Waals surface area contributed by atoms with Crippen molar-refractivity contribution in [1.29, 1.82) is 0 Å². The fourth-order valence-corrected chi connectivity index (χ4v) is 3.43. The summed E-state index contributed by atoms with van der Waals surface area (Å²) in [7, 11) is 0. The molecule has 0 aliphatic heterocycles. The molecule has 2 amide bonds. The number of hydrazone groups is 1. The normalized spacial score (nSPS) is 11.0. The molecular weight excluding hydrogens is 414 g/mol.